The maximum absolute atomic E-state index is 11.0. The van der Waals surface area contributed by atoms with Gasteiger partial charge in [-0.2, -0.15) is 0 Å². The van der Waals surface area contributed by atoms with Crippen LogP contribution >= 0.6 is 0 Å². The molecule has 0 aliphatic heterocycles. The molecule has 94 valence electrons. The van der Waals surface area contributed by atoms with E-state index in [4.69, 9.17) is 0 Å². The number of carbonyl (C=O) groups is 1. The van der Waals surface area contributed by atoms with Crippen molar-refractivity contribution in [2.24, 2.45) is 0 Å². The molecule has 1 aromatic rings. The highest BCUT2D eigenvalue weighted by Crippen LogP contribution is 2.09. The number of rotatable bonds is 6. The molecule has 0 aliphatic carbocycles. The summed E-state index contributed by atoms with van der Waals surface area (Å²) in [6.07, 6.45) is 1.81. The Balaban J connectivity index is 2.40. The molecule has 1 aromatic carbocycles. The molecule has 17 heavy (non-hydrogen) atoms. The Kier molecular flexibility index (Phi) is 4.69. The van der Waals surface area contributed by atoms with Crippen molar-refractivity contribution < 1.29 is 13.2 Å². The molecule has 5 heteroatoms. The third-order valence-corrected chi connectivity index (χ3v) is 3.34. The lowest BCUT2D eigenvalue weighted by Crippen LogP contribution is -2.09. The van der Waals surface area contributed by atoms with Crippen molar-refractivity contribution in [2.45, 2.75) is 13.3 Å². The van der Waals surface area contributed by atoms with Crippen LogP contribution in [0.3, 0.4) is 0 Å². The van der Waals surface area contributed by atoms with Gasteiger partial charge in [-0.05, 0) is 37.6 Å². The van der Waals surface area contributed by atoms with E-state index in [9.17, 15) is 13.2 Å². The number of hydrogen-bond donors (Lipinski definition) is 1. The topological polar surface area (TPSA) is 63.2 Å². The first-order chi connectivity index (χ1) is 7.88. The summed E-state index contributed by atoms with van der Waals surface area (Å²) in [4.78, 5) is 11.0. The quantitative estimate of drug-likeness (QED) is 0.621. The summed E-state index contributed by atoms with van der Waals surface area (Å²) in [5, 5.41) is 3.11. The SMILES string of the molecule is CC(=O)c1ccc(NCCCS(C)(=O)=O)cc1. The van der Waals surface area contributed by atoms with Crippen molar-refractivity contribution >= 4 is 21.3 Å². The van der Waals surface area contributed by atoms with Gasteiger partial charge >= 0.3 is 0 Å². The molecule has 0 aromatic heterocycles. The molecule has 0 bridgehead atoms. The molecular formula is C12H17NO3S. The number of sulfone groups is 1. The molecular weight excluding hydrogens is 238 g/mol. The third kappa shape index (κ3) is 5.49. The molecule has 0 spiro atoms. The van der Waals surface area contributed by atoms with Crippen molar-refractivity contribution in [3.8, 4) is 0 Å². The number of Topliss-reactive ketones (excluding diaryl/α,β-unsaturated/α-hetero) is 1. The fraction of sp³-hybridized carbons (Fsp3) is 0.417. The van der Waals surface area contributed by atoms with Gasteiger partial charge in [-0.15, -0.1) is 0 Å². The molecule has 4 nitrogen and oxygen atoms in total. The lowest BCUT2D eigenvalue weighted by Gasteiger charge is -2.06. The van der Waals surface area contributed by atoms with E-state index in [1.54, 1.807) is 12.1 Å². The van der Waals surface area contributed by atoms with Gasteiger partial charge in [-0.1, -0.05) is 0 Å². The lowest BCUT2D eigenvalue weighted by atomic mass is 10.1. The molecule has 0 amide bonds. The summed E-state index contributed by atoms with van der Waals surface area (Å²) in [7, 11) is -2.88. The number of hydrogen-bond acceptors (Lipinski definition) is 4. The molecule has 0 fully saturated rings. The summed E-state index contributed by atoms with van der Waals surface area (Å²) in [6, 6.07) is 7.14. The van der Waals surface area contributed by atoms with Crippen molar-refractivity contribution in [1.82, 2.24) is 0 Å². The van der Waals surface area contributed by atoms with Gasteiger partial charge in [0, 0.05) is 24.1 Å². The van der Waals surface area contributed by atoms with Crippen LogP contribution < -0.4 is 5.32 Å². The molecule has 0 atom stereocenters. The van der Waals surface area contributed by atoms with Crippen LogP contribution in [0.2, 0.25) is 0 Å². The van der Waals surface area contributed by atoms with Gasteiger partial charge in [0.05, 0.1) is 5.75 Å². The number of carbonyl (C=O) groups excluding carboxylic acids is 1. The summed E-state index contributed by atoms with van der Waals surface area (Å²) in [5.74, 6) is 0.222. The predicted octanol–water partition coefficient (Wildman–Crippen LogP) is 1.74. The molecule has 1 N–H and O–H groups in total. The summed E-state index contributed by atoms with van der Waals surface area (Å²) in [5.41, 5.74) is 1.56. The van der Waals surface area contributed by atoms with Crippen LogP contribution in [0, 0.1) is 0 Å². The summed E-state index contributed by atoms with van der Waals surface area (Å²) in [6.45, 7) is 2.13. The van der Waals surface area contributed by atoms with Gasteiger partial charge in [0.1, 0.15) is 9.84 Å². The molecule has 0 radical (unpaired) electrons. The summed E-state index contributed by atoms with van der Waals surface area (Å²) >= 11 is 0. The Labute approximate surface area is 102 Å². The molecule has 0 saturated carbocycles. The van der Waals surface area contributed by atoms with Crippen molar-refractivity contribution in [2.75, 3.05) is 23.9 Å². The Morgan fingerprint density at radius 1 is 1.24 bits per heavy atom. The van der Waals surface area contributed by atoms with E-state index in [1.165, 1.54) is 13.2 Å². The smallest absolute Gasteiger partial charge is 0.159 e. The minimum absolute atomic E-state index is 0.0358. The van der Waals surface area contributed by atoms with Crippen LogP contribution in [0.4, 0.5) is 5.69 Å². The number of nitrogens with one attached hydrogen (secondary N) is 1. The van der Waals surface area contributed by atoms with Gasteiger partial charge in [0.15, 0.2) is 5.78 Å². The van der Waals surface area contributed by atoms with Crippen LogP contribution in [0.25, 0.3) is 0 Å². The highest BCUT2D eigenvalue weighted by Gasteiger charge is 2.01. The second-order valence-corrected chi connectivity index (χ2v) is 6.30. The van der Waals surface area contributed by atoms with Crippen LogP contribution in [-0.4, -0.2) is 32.8 Å². The maximum atomic E-state index is 11.0. The average molecular weight is 255 g/mol. The zero-order valence-electron chi connectivity index (χ0n) is 10.1. The first kappa shape index (κ1) is 13.7. The lowest BCUT2D eigenvalue weighted by molar-refractivity contribution is 0.101. The van der Waals surface area contributed by atoms with Crippen LogP contribution in [0.5, 0.6) is 0 Å². The van der Waals surface area contributed by atoms with Gasteiger partial charge in [-0.25, -0.2) is 8.42 Å². The van der Waals surface area contributed by atoms with E-state index in [2.05, 4.69) is 5.32 Å². The van der Waals surface area contributed by atoms with Gasteiger partial charge in [-0.3, -0.25) is 4.79 Å². The van der Waals surface area contributed by atoms with E-state index < -0.39 is 9.84 Å². The highest BCUT2D eigenvalue weighted by molar-refractivity contribution is 7.90. The zero-order valence-corrected chi connectivity index (χ0v) is 10.9. The van der Waals surface area contributed by atoms with E-state index >= 15 is 0 Å². The Morgan fingerprint density at radius 3 is 2.29 bits per heavy atom. The zero-order chi connectivity index (χ0) is 12.9. The molecule has 0 saturated heterocycles. The van der Waals surface area contributed by atoms with Gasteiger partial charge in [0.2, 0.25) is 0 Å². The van der Waals surface area contributed by atoms with Crippen molar-refractivity contribution in [3.05, 3.63) is 29.8 Å². The molecule has 1 rings (SSSR count). The molecule has 0 aliphatic rings. The van der Waals surface area contributed by atoms with E-state index in [1.807, 2.05) is 12.1 Å². The normalized spacial score (nSPS) is 11.2. The number of anilines is 1. The van der Waals surface area contributed by atoms with Crippen LogP contribution in [0.15, 0.2) is 24.3 Å². The van der Waals surface area contributed by atoms with E-state index in [0.717, 1.165) is 5.69 Å². The standard InChI is InChI=1S/C12H17NO3S/c1-10(14)11-4-6-12(7-5-11)13-8-3-9-17(2,15)16/h4-7,13H,3,8-9H2,1-2H3. The minimum Gasteiger partial charge on any atom is -0.385 e. The van der Waals surface area contributed by atoms with Crippen LogP contribution in [0.1, 0.15) is 23.7 Å². The molecule has 0 unspecified atom stereocenters. The second kappa shape index (κ2) is 5.82. The minimum atomic E-state index is -2.88. The second-order valence-electron chi connectivity index (χ2n) is 4.04. The van der Waals surface area contributed by atoms with Crippen LogP contribution in [-0.2, 0) is 9.84 Å². The van der Waals surface area contributed by atoms with E-state index in [0.29, 0.717) is 18.5 Å². The van der Waals surface area contributed by atoms with E-state index in [-0.39, 0.29) is 11.5 Å². The Morgan fingerprint density at radius 2 is 1.82 bits per heavy atom. The third-order valence-electron chi connectivity index (χ3n) is 2.31. The molecule has 0 heterocycles. The fourth-order valence-corrected chi connectivity index (χ4v) is 2.06. The highest BCUT2D eigenvalue weighted by atomic mass is 32.2. The maximum Gasteiger partial charge on any atom is 0.159 e. The van der Waals surface area contributed by atoms with Gasteiger partial charge in [0.25, 0.3) is 0 Å². The van der Waals surface area contributed by atoms with Crippen molar-refractivity contribution in [1.29, 1.82) is 0 Å². The first-order valence-electron chi connectivity index (χ1n) is 5.41. The van der Waals surface area contributed by atoms with Gasteiger partial charge < -0.3 is 5.32 Å². The number of benzene rings is 1. The predicted molar refractivity (Wildman–Crippen MR) is 69.3 cm³/mol. The monoisotopic (exact) mass is 255 g/mol. The fourth-order valence-electron chi connectivity index (χ4n) is 1.39. The van der Waals surface area contributed by atoms with Crippen molar-refractivity contribution in [3.63, 3.8) is 0 Å². The Bertz CT molecular complexity index is 477. The Hall–Kier alpha value is -1.36. The number of ketones is 1. The summed E-state index contributed by atoms with van der Waals surface area (Å²) < 4.78 is 21.8. The average Bonchev–Trinajstić information content (AvgIpc) is 2.24. The largest absolute Gasteiger partial charge is 0.385 e. The first-order valence-corrected chi connectivity index (χ1v) is 7.47.